The first kappa shape index (κ1) is 25.3. The van der Waals surface area contributed by atoms with Gasteiger partial charge in [0, 0.05) is 26.4 Å². The van der Waals surface area contributed by atoms with Crippen LogP contribution in [0.25, 0.3) is 0 Å². The quantitative estimate of drug-likeness (QED) is 0.240. The van der Waals surface area contributed by atoms with Crippen molar-refractivity contribution in [1.29, 1.82) is 0 Å². The molecule has 0 saturated carbocycles. The molecule has 0 atom stereocenters. The van der Waals surface area contributed by atoms with E-state index >= 15 is 0 Å². The van der Waals surface area contributed by atoms with E-state index in [1.54, 1.807) is 6.92 Å². The minimum atomic E-state index is -1.07. The summed E-state index contributed by atoms with van der Waals surface area (Å²) < 4.78 is 5.27. The van der Waals surface area contributed by atoms with Gasteiger partial charge in [0.05, 0.1) is 17.6 Å². The van der Waals surface area contributed by atoms with Crippen LogP contribution in [-0.2, 0) is 9.53 Å². The standard InChI is InChI=1S/C19H38O7/c1-2-26-17(24)18(7-3-13-20,8-4-14-21)11-12-19(25,9-5-15-22)10-6-16-23/h20-23,25H,2-16H2,1H3. The summed E-state index contributed by atoms with van der Waals surface area (Å²) in [7, 11) is 0. The van der Waals surface area contributed by atoms with Gasteiger partial charge >= 0.3 is 5.97 Å². The number of ether oxygens (including phenoxy) is 1. The van der Waals surface area contributed by atoms with Crippen LogP contribution >= 0.6 is 0 Å². The Labute approximate surface area is 157 Å². The molecule has 26 heavy (non-hydrogen) atoms. The van der Waals surface area contributed by atoms with Crippen molar-refractivity contribution in [1.82, 2.24) is 0 Å². The number of carbonyl (C=O) groups excluding carboxylic acids is 1. The lowest BCUT2D eigenvalue weighted by molar-refractivity contribution is -0.158. The molecule has 0 aromatic heterocycles. The van der Waals surface area contributed by atoms with Crippen LogP contribution in [0.15, 0.2) is 0 Å². The maximum absolute atomic E-state index is 12.7. The number of hydrogen-bond acceptors (Lipinski definition) is 7. The lowest BCUT2D eigenvalue weighted by Gasteiger charge is -2.36. The van der Waals surface area contributed by atoms with Crippen molar-refractivity contribution in [3.05, 3.63) is 0 Å². The van der Waals surface area contributed by atoms with Crippen LogP contribution in [0.3, 0.4) is 0 Å². The molecule has 7 nitrogen and oxygen atoms in total. The number of aliphatic hydroxyl groups excluding tert-OH is 4. The lowest BCUT2D eigenvalue weighted by Crippen LogP contribution is -2.38. The first-order valence-corrected chi connectivity index (χ1v) is 9.76. The molecule has 0 aliphatic rings. The molecule has 0 bridgehead atoms. The van der Waals surface area contributed by atoms with E-state index in [9.17, 15) is 20.1 Å². The molecular formula is C19H38O7. The monoisotopic (exact) mass is 378 g/mol. The maximum Gasteiger partial charge on any atom is 0.312 e. The van der Waals surface area contributed by atoms with Crippen molar-refractivity contribution < 1.29 is 35.1 Å². The third kappa shape index (κ3) is 9.28. The molecule has 0 rings (SSSR count). The molecule has 0 amide bonds. The van der Waals surface area contributed by atoms with Gasteiger partial charge in [-0.2, -0.15) is 0 Å². The second-order valence-corrected chi connectivity index (χ2v) is 7.03. The maximum atomic E-state index is 12.7. The Balaban J connectivity index is 5.31. The second kappa shape index (κ2) is 14.3. The van der Waals surface area contributed by atoms with E-state index in [-0.39, 0.29) is 39.0 Å². The molecule has 0 heterocycles. The second-order valence-electron chi connectivity index (χ2n) is 7.03. The number of rotatable bonds is 17. The van der Waals surface area contributed by atoms with E-state index < -0.39 is 11.0 Å². The summed E-state index contributed by atoms with van der Waals surface area (Å²) in [5.41, 5.74) is -1.92. The van der Waals surface area contributed by atoms with Crippen LogP contribution < -0.4 is 0 Å². The van der Waals surface area contributed by atoms with Gasteiger partial charge < -0.3 is 30.3 Å². The summed E-state index contributed by atoms with van der Waals surface area (Å²) in [5.74, 6) is -0.353. The third-order valence-electron chi connectivity index (χ3n) is 5.00. The number of carbonyl (C=O) groups is 1. The normalized spacial score (nSPS) is 12.4. The first-order chi connectivity index (χ1) is 12.4. The van der Waals surface area contributed by atoms with Crippen LogP contribution in [0.2, 0.25) is 0 Å². The molecule has 0 fully saturated rings. The van der Waals surface area contributed by atoms with E-state index in [1.807, 2.05) is 0 Å². The van der Waals surface area contributed by atoms with E-state index in [4.69, 9.17) is 14.9 Å². The molecule has 0 radical (unpaired) electrons. The van der Waals surface area contributed by atoms with Crippen molar-refractivity contribution in [2.75, 3.05) is 33.0 Å². The van der Waals surface area contributed by atoms with Crippen LogP contribution in [0.5, 0.6) is 0 Å². The zero-order chi connectivity index (χ0) is 19.9. The molecule has 0 saturated heterocycles. The summed E-state index contributed by atoms with van der Waals surface area (Å²) in [6.07, 6.45) is 4.12. The van der Waals surface area contributed by atoms with E-state index in [1.165, 1.54) is 0 Å². The number of hydrogen-bond donors (Lipinski definition) is 5. The van der Waals surface area contributed by atoms with Gasteiger partial charge in [-0.3, -0.25) is 4.79 Å². The predicted octanol–water partition coefficient (Wildman–Crippen LogP) is 1.14. The van der Waals surface area contributed by atoms with Gasteiger partial charge in [-0.15, -0.1) is 0 Å². The van der Waals surface area contributed by atoms with Crippen LogP contribution in [0.1, 0.15) is 71.1 Å². The average molecular weight is 379 g/mol. The number of aliphatic hydroxyl groups is 5. The van der Waals surface area contributed by atoms with Gasteiger partial charge in [-0.1, -0.05) is 0 Å². The summed E-state index contributed by atoms with van der Waals surface area (Å²) in [5, 5.41) is 47.5. The zero-order valence-corrected chi connectivity index (χ0v) is 16.2. The third-order valence-corrected chi connectivity index (χ3v) is 5.00. The molecule has 156 valence electrons. The SMILES string of the molecule is CCOC(=O)C(CCCO)(CCCO)CCC(O)(CCCO)CCCO. The fraction of sp³-hybridized carbons (Fsp3) is 0.947. The highest BCUT2D eigenvalue weighted by Gasteiger charge is 2.41. The predicted molar refractivity (Wildman–Crippen MR) is 98.5 cm³/mol. The largest absolute Gasteiger partial charge is 0.466 e. The first-order valence-electron chi connectivity index (χ1n) is 9.76. The van der Waals surface area contributed by atoms with E-state index in [2.05, 4.69) is 0 Å². The lowest BCUT2D eigenvalue weighted by atomic mass is 9.72. The van der Waals surface area contributed by atoms with Gasteiger partial charge in [0.2, 0.25) is 0 Å². The van der Waals surface area contributed by atoms with Crippen molar-refractivity contribution in [2.24, 2.45) is 5.41 Å². The Morgan fingerprint density at radius 2 is 1.15 bits per heavy atom. The topological polar surface area (TPSA) is 127 Å². The highest BCUT2D eigenvalue weighted by Crippen LogP contribution is 2.40. The van der Waals surface area contributed by atoms with Crippen molar-refractivity contribution in [3.63, 3.8) is 0 Å². The van der Waals surface area contributed by atoms with Crippen molar-refractivity contribution >= 4 is 5.97 Å². The molecular weight excluding hydrogens is 340 g/mol. The Hall–Kier alpha value is -0.730. The highest BCUT2D eigenvalue weighted by atomic mass is 16.5. The average Bonchev–Trinajstić information content (AvgIpc) is 2.65. The molecule has 0 aromatic carbocycles. The van der Waals surface area contributed by atoms with Gasteiger partial charge in [0.15, 0.2) is 0 Å². The Morgan fingerprint density at radius 1 is 0.731 bits per heavy atom. The Kier molecular flexibility index (Phi) is 13.9. The summed E-state index contributed by atoms with van der Waals surface area (Å²) in [6, 6.07) is 0. The molecule has 0 spiro atoms. The summed E-state index contributed by atoms with van der Waals surface area (Å²) >= 11 is 0. The molecule has 0 aliphatic carbocycles. The molecule has 0 unspecified atom stereocenters. The van der Waals surface area contributed by atoms with Crippen LogP contribution in [-0.4, -0.2) is 70.1 Å². The smallest absolute Gasteiger partial charge is 0.312 e. The van der Waals surface area contributed by atoms with Crippen molar-refractivity contribution in [2.45, 2.75) is 76.7 Å². The Bertz CT molecular complexity index is 344. The van der Waals surface area contributed by atoms with E-state index in [0.717, 1.165) is 0 Å². The highest BCUT2D eigenvalue weighted by molar-refractivity contribution is 5.76. The minimum Gasteiger partial charge on any atom is -0.466 e. The summed E-state index contributed by atoms with van der Waals surface area (Å²) in [4.78, 5) is 12.7. The molecule has 0 aliphatic heterocycles. The molecule has 7 heteroatoms. The molecule has 5 N–H and O–H groups in total. The van der Waals surface area contributed by atoms with E-state index in [0.29, 0.717) is 64.2 Å². The summed E-state index contributed by atoms with van der Waals surface area (Å²) in [6.45, 7) is 1.84. The van der Waals surface area contributed by atoms with Gasteiger partial charge in [-0.25, -0.2) is 0 Å². The fourth-order valence-corrected chi connectivity index (χ4v) is 3.46. The Morgan fingerprint density at radius 3 is 1.54 bits per heavy atom. The van der Waals surface area contributed by atoms with Crippen molar-refractivity contribution in [3.8, 4) is 0 Å². The minimum absolute atomic E-state index is 0.0283. The fourth-order valence-electron chi connectivity index (χ4n) is 3.46. The van der Waals surface area contributed by atoms with Gasteiger partial charge in [0.1, 0.15) is 0 Å². The van der Waals surface area contributed by atoms with Gasteiger partial charge in [0.25, 0.3) is 0 Å². The zero-order valence-electron chi connectivity index (χ0n) is 16.2. The van der Waals surface area contributed by atoms with Crippen LogP contribution in [0, 0.1) is 5.41 Å². The molecule has 0 aromatic rings. The van der Waals surface area contributed by atoms with Crippen LogP contribution in [0.4, 0.5) is 0 Å². The number of esters is 1. The van der Waals surface area contributed by atoms with Gasteiger partial charge in [-0.05, 0) is 71.1 Å².